The molecule has 0 aliphatic carbocycles. The fourth-order valence-corrected chi connectivity index (χ4v) is 4.12. The summed E-state index contributed by atoms with van der Waals surface area (Å²) in [5.74, 6) is -0.744. The molecule has 1 aliphatic rings. The maximum absolute atomic E-state index is 11.7. The number of carboxylic acid groups (broad SMARTS) is 1. The van der Waals surface area contributed by atoms with Crippen LogP contribution in [0.25, 0.3) is 0 Å². The first-order chi connectivity index (χ1) is 10.7. The van der Waals surface area contributed by atoms with Gasteiger partial charge < -0.3 is 5.11 Å². The molecule has 1 aliphatic heterocycles. The van der Waals surface area contributed by atoms with E-state index in [0.717, 1.165) is 30.5 Å². The van der Waals surface area contributed by atoms with Crippen molar-refractivity contribution in [3.05, 3.63) is 57.2 Å². The molecule has 2 aromatic rings. The zero-order chi connectivity index (χ0) is 15.5. The van der Waals surface area contributed by atoms with Gasteiger partial charge in [-0.3, -0.25) is 9.69 Å². The maximum Gasteiger partial charge on any atom is 0.320 e. The van der Waals surface area contributed by atoms with Crippen molar-refractivity contribution in [2.45, 2.75) is 31.3 Å². The van der Waals surface area contributed by atoms with E-state index in [1.54, 1.807) is 11.3 Å². The Kier molecular flexibility index (Phi) is 4.81. The Bertz CT molecular complexity index is 644. The molecular formula is C17H18ClNO2S. The quantitative estimate of drug-likeness (QED) is 0.898. The van der Waals surface area contributed by atoms with Crippen LogP contribution in [-0.4, -0.2) is 28.6 Å². The number of carboxylic acids is 1. The number of thiophene rings is 1. The van der Waals surface area contributed by atoms with Gasteiger partial charge in [0.05, 0.1) is 6.04 Å². The van der Waals surface area contributed by atoms with Gasteiger partial charge in [0.1, 0.15) is 6.04 Å². The van der Waals surface area contributed by atoms with Gasteiger partial charge in [0.2, 0.25) is 0 Å². The number of nitrogens with zero attached hydrogens (tertiary/aromatic N) is 1. The van der Waals surface area contributed by atoms with Crippen LogP contribution in [0.5, 0.6) is 0 Å². The van der Waals surface area contributed by atoms with Gasteiger partial charge in [-0.15, -0.1) is 0 Å². The highest BCUT2D eigenvalue weighted by atomic mass is 35.5. The van der Waals surface area contributed by atoms with Gasteiger partial charge in [-0.2, -0.15) is 11.3 Å². The minimum absolute atomic E-state index is 0.0960. The molecule has 0 saturated carbocycles. The largest absolute Gasteiger partial charge is 0.480 e. The monoisotopic (exact) mass is 335 g/mol. The number of rotatable bonds is 4. The summed E-state index contributed by atoms with van der Waals surface area (Å²) in [6.45, 7) is 0.780. The SMILES string of the molecule is O=C(O)C1CCCCN1C(c1ccsc1)c1ccccc1Cl. The number of aliphatic carboxylic acids is 1. The summed E-state index contributed by atoms with van der Waals surface area (Å²) in [4.78, 5) is 13.8. The molecule has 0 bridgehead atoms. The molecule has 0 radical (unpaired) electrons. The summed E-state index contributed by atoms with van der Waals surface area (Å²) in [5.41, 5.74) is 2.10. The van der Waals surface area contributed by atoms with E-state index in [0.29, 0.717) is 11.4 Å². The molecule has 0 amide bonds. The van der Waals surface area contributed by atoms with E-state index in [2.05, 4.69) is 16.3 Å². The average Bonchev–Trinajstić information content (AvgIpc) is 3.04. The van der Waals surface area contributed by atoms with E-state index >= 15 is 0 Å². The first-order valence-electron chi connectivity index (χ1n) is 7.43. The second kappa shape index (κ2) is 6.82. The van der Waals surface area contributed by atoms with E-state index in [4.69, 9.17) is 11.6 Å². The lowest BCUT2D eigenvalue weighted by molar-refractivity contribution is -0.145. The lowest BCUT2D eigenvalue weighted by Gasteiger charge is -2.39. The van der Waals surface area contributed by atoms with Crippen LogP contribution in [-0.2, 0) is 4.79 Å². The van der Waals surface area contributed by atoms with E-state index in [1.165, 1.54) is 0 Å². The van der Waals surface area contributed by atoms with Crippen molar-refractivity contribution in [1.29, 1.82) is 0 Å². The summed E-state index contributed by atoms with van der Waals surface area (Å²) in [6, 6.07) is 9.25. The zero-order valence-corrected chi connectivity index (χ0v) is 13.7. The fourth-order valence-electron chi connectivity index (χ4n) is 3.21. The molecule has 2 atom stereocenters. The zero-order valence-electron chi connectivity index (χ0n) is 12.1. The third-order valence-electron chi connectivity index (χ3n) is 4.22. The van der Waals surface area contributed by atoms with Gasteiger partial charge in [-0.1, -0.05) is 36.2 Å². The third kappa shape index (κ3) is 3.05. The van der Waals surface area contributed by atoms with E-state index in [1.807, 2.05) is 29.6 Å². The number of carbonyl (C=O) groups is 1. The summed E-state index contributed by atoms with van der Waals surface area (Å²) >= 11 is 8.04. The summed E-state index contributed by atoms with van der Waals surface area (Å²) in [6.07, 6.45) is 2.68. The van der Waals surface area contributed by atoms with E-state index < -0.39 is 12.0 Å². The molecule has 0 spiro atoms. The molecule has 1 fully saturated rings. The molecule has 2 heterocycles. The first-order valence-corrected chi connectivity index (χ1v) is 8.75. The lowest BCUT2D eigenvalue weighted by atomic mass is 9.93. The highest BCUT2D eigenvalue weighted by Crippen LogP contribution is 2.37. The molecule has 1 aromatic carbocycles. The molecular weight excluding hydrogens is 318 g/mol. The molecule has 1 N–H and O–H groups in total. The van der Waals surface area contributed by atoms with Crippen molar-refractivity contribution in [3.63, 3.8) is 0 Å². The van der Waals surface area contributed by atoms with Crippen LogP contribution in [0.1, 0.15) is 36.4 Å². The predicted molar refractivity (Wildman–Crippen MR) is 89.6 cm³/mol. The number of halogens is 1. The van der Waals surface area contributed by atoms with Crippen LogP contribution in [0.15, 0.2) is 41.1 Å². The van der Waals surface area contributed by atoms with Crippen LogP contribution in [0.4, 0.5) is 0 Å². The fraction of sp³-hybridized carbons (Fsp3) is 0.353. The molecule has 5 heteroatoms. The molecule has 116 valence electrons. The highest BCUT2D eigenvalue weighted by molar-refractivity contribution is 7.08. The Labute approximate surface area is 139 Å². The van der Waals surface area contributed by atoms with Gasteiger partial charge >= 0.3 is 5.97 Å². The smallest absolute Gasteiger partial charge is 0.320 e. The maximum atomic E-state index is 11.7. The average molecular weight is 336 g/mol. The number of hydrogen-bond donors (Lipinski definition) is 1. The molecule has 1 aromatic heterocycles. The normalized spacial score (nSPS) is 20.7. The van der Waals surface area contributed by atoms with E-state index in [9.17, 15) is 9.90 Å². The highest BCUT2D eigenvalue weighted by Gasteiger charge is 2.35. The Morgan fingerprint density at radius 2 is 2.14 bits per heavy atom. The van der Waals surface area contributed by atoms with Crippen LogP contribution < -0.4 is 0 Å². The number of hydrogen-bond acceptors (Lipinski definition) is 3. The number of benzene rings is 1. The topological polar surface area (TPSA) is 40.5 Å². The Morgan fingerprint density at radius 3 is 2.82 bits per heavy atom. The van der Waals surface area contributed by atoms with Gasteiger partial charge in [-0.05, 0) is 53.4 Å². The van der Waals surface area contributed by atoms with Crippen molar-refractivity contribution < 1.29 is 9.90 Å². The van der Waals surface area contributed by atoms with Crippen molar-refractivity contribution >= 4 is 28.9 Å². The summed E-state index contributed by atoms with van der Waals surface area (Å²) in [7, 11) is 0. The second-order valence-electron chi connectivity index (χ2n) is 5.57. The van der Waals surface area contributed by atoms with Crippen molar-refractivity contribution in [2.24, 2.45) is 0 Å². The number of likely N-dealkylation sites (tertiary alicyclic amines) is 1. The first kappa shape index (κ1) is 15.5. The van der Waals surface area contributed by atoms with Crippen LogP contribution in [0.3, 0.4) is 0 Å². The minimum atomic E-state index is -0.744. The predicted octanol–water partition coefficient (Wildman–Crippen LogP) is 4.43. The molecule has 3 rings (SSSR count). The molecule has 22 heavy (non-hydrogen) atoms. The Morgan fingerprint density at radius 1 is 1.32 bits per heavy atom. The summed E-state index contributed by atoms with van der Waals surface area (Å²) in [5, 5.41) is 14.4. The van der Waals surface area contributed by atoms with Crippen molar-refractivity contribution in [1.82, 2.24) is 4.90 Å². The molecule has 1 saturated heterocycles. The van der Waals surface area contributed by atoms with Crippen LogP contribution in [0, 0.1) is 0 Å². The van der Waals surface area contributed by atoms with Gasteiger partial charge in [0.15, 0.2) is 0 Å². The minimum Gasteiger partial charge on any atom is -0.480 e. The van der Waals surface area contributed by atoms with Gasteiger partial charge in [-0.25, -0.2) is 0 Å². The van der Waals surface area contributed by atoms with Crippen LogP contribution >= 0.6 is 22.9 Å². The van der Waals surface area contributed by atoms with Crippen molar-refractivity contribution in [3.8, 4) is 0 Å². The molecule has 2 unspecified atom stereocenters. The van der Waals surface area contributed by atoms with Crippen LogP contribution in [0.2, 0.25) is 5.02 Å². The molecule has 3 nitrogen and oxygen atoms in total. The third-order valence-corrected chi connectivity index (χ3v) is 5.27. The standard InChI is InChI=1S/C17H18ClNO2S/c18-14-6-2-1-5-13(14)16(12-8-10-22-11-12)19-9-4-3-7-15(19)17(20)21/h1-2,5-6,8,10-11,15-16H,3-4,7,9H2,(H,20,21). The van der Waals surface area contributed by atoms with E-state index in [-0.39, 0.29) is 6.04 Å². The Balaban J connectivity index is 2.05. The lowest BCUT2D eigenvalue weighted by Crippen LogP contribution is -2.46. The van der Waals surface area contributed by atoms with Gasteiger partial charge in [0, 0.05) is 5.02 Å². The Hall–Kier alpha value is -1.36. The second-order valence-corrected chi connectivity index (χ2v) is 6.76. The summed E-state index contributed by atoms with van der Waals surface area (Å²) < 4.78 is 0. The van der Waals surface area contributed by atoms with Crippen molar-refractivity contribution in [2.75, 3.05) is 6.54 Å². The number of piperidine rings is 1. The van der Waals surface area contributed by atoms with Gasteiger partial charge in [0.25, 0.3) is 0 Å².